The van der Waals surface area contributed by atoms with E-state index in [4.69, 9.17) is 4.74 Å². The average Bonchev–Trinajstić information content (AvgIpc) is 2.81. The summed E-state index contributed by atoms with van der Waals surface area (Å²) in [5.74, 6) is -0.337. The number of benzene rings is 1. The number of hydrogen-bond donors (Lipinski definition) is 3. The van der Waals surface area contributed by atoms with Crippen molar-refractivity contribution in [3.05, 3.63) is 40.4 Å². The van der Waals surface area contributed by atoms with Gasteiger partial charge in [-0.3, -0.25) is 14.3 Å². The lowest BCUT2D eigenvalue weighted by atomic mass is 10.1. The van der Waals surface area contributed by atoms with Gasteiger partial charge < -0.3 is 15.4 Å². The van der Waals surface area contributed by atoms with Gasteiger partial charge in [0.2, 0.25) is 5.91 Å². The van der Waals surface area contributed by atoms with E-state index in [1.807, 2.05) is 6.07 Å². The molecule has 8 heteroatoms. The highest BCUT2D eigenvalue weighted by Gasteiger charge is 2.15. The van der Waals surface area contributed by atoms with Crippen molar-refractivity contribution in [1.82, 2.24) is 20.8 Å². The summed E-state index contributed by atoms with van der Waals surface area (Å²) >= 11 is 0. The van der Waals surface area contributed by atoms with Crippen LogP contribution in [0.25, 0.3) is 11.4 Å². The van der Waals surface area contributed by atoms with Crippen molar-refractivity contribution in [1.29, 1.82) is 0 Å². The largest absolute Gasteiger partial charge is 0.439 e. The summed E-state index contributed by atoms with van der Waals surface area (Å²) in [5.41, 5.74) is 1.52. The zero-order chi connectivity index (χ0) is 16.1. The first-order chi connectivity index (χ1) is 11.2. The van der Waals surface area contributed by atoms with E-state index < -0.39 is 5.76 Å². The molecular weight excluding hydrogens is 300 g/mol. The van der Waals surface area contributed by atoms with Crippen LogP contribution in [0.5, 0.6) is 0 Å². The molecule has 1 aromatic heterocycles. The Morgan fingerprint density at radius 3 is 3.17 bits per heavy atom. The summed E-state index contributed by atoms with van der Waals surface area (Å²) in [6.45, 7) is 2.67. The van der Waals surface area contributed by atoms with Crippen LogP contribution in [0.3, 0.4) is 0 Å². The monoisotopic (exact) mass is 318 g/mol. The molecule has 1 unspecified atom stereocenters. The molecule has 2 aromatic rings. The molecule has 0 saturated carbocycles. The van der Waals surface area contributed by atoms with Gasteiger partial charge in [0.25, 0.3) is 0 Å². The molecule has 1 atom stereocenters. The van der Waals surface area contributed by atoms with Gasteiger partial charge in [0.15, 0.2) is 5.82 Å². The second-order valence-electron chi connectivity index (χ2n) is 5.36. The smallest absolute Gasteiger partial charge is 0.378 e. The lowest BCUT2D eigenvalue weighted by Gasteiger charge is -2.16. The Kier molecular flexibility index (Phi) is 4.84. The second kappa shape index (κ2) is 7.21. The molecule has 0 aliphatic carbocycles. The van der Waals surface area contributed by atoms with Crippen LogP contribution in [0.2, 0.25) is 0 Å². The van der Waals surface area contributed by atoms with Gasteiger partial charge in [-0.05, 0) is 11.6 Å². The van der Waals surface area contributed by atoms with Crippen LogP contribution in [-0.2, 0) is 16.0 Å². The Bertz CT molecular complexity index is 716. The molecule has 8 nitrogen and oxygen atoms in total. The van der Waals surface area contributed by atoms with E-state index in [2.05, 4.69) is 25.3 Å². The number of rotatable bonds is 4. The van der Waals surface area contributed by atoms with Gasteiger partial charge in [0.1, 0.15) is 0 Å². The molecule has 23 heavy (non-hydrogen) atoms. The zero-order valence-electron chi connectivity index (χ0n) is 12.5. The van der Waals surface area contributed by atoms with Gasteiger partial charge in [-0.1, -0.05) is 23.4 Å². The van der Waals surface area contributed by atoms with Crippen LogP contribution in [0.15, 0.2) is 33.6 Å². The fraction of sp³-hybridized carbons (Fsp3) is 0.400. The number of amides is 1. The van der Waals surface area contributed by atoms with Crippen molar-refractivity contribution in [3.8, 4) is 11.4 Å². The lowest BCUT2D eigenvalue weighted by molar-refractivity contribution is -0.121. The van der Waals surface area contributed by atoms with Gasteiger partial charge in [0.05, 0.1) is 25.7 Å². The highest BCUT2D eigenvalue weighted by Crippen LogP contribution is 2.15. The van der Waals surface area contributed by atoms with E-state index in [0.717, 1.165) is 12.1 Å². The molecule has 3 rings (SSSR count). The Morgan fingerprint density at radius 1 is 1.43 bits per heavy atom. The molecule has 0 bridgehead atoms. The first-order valence-electron chi connectivity index (χ1n) is 7.44. The fourth-order valence-electron chi connectivity index (χ4n) is 2.44. The van der Waals surface area contributed by atoms with Crippen molar-refractivity contribution < 1.29 is 14.1 Å². The molecule has 2 heterocycles. The molecule has 122 valence electrons. The molecule has 0 radical (unpaired) electrons. The fourth-order valence-corrected chi connectivity index (χ4v) is 2.44. The summed E-state index contributed by atoms with van der Waals surface area (Å²) in [7, 11) is 0. The average molecular weight is 318 g/mol. The van der Waals surface area contributed by atoms with Crippen molar-refractivity contribution in [2.24, 2.45) is 0 Å². The molecular formula is C15H18N4O4. The van der Waals surface area contributed by atoms with Crippen LogP contribution in [-0.4, -0.2) is 48.4 Å². The minimum absolute atomic E-state index is 0.0277. The third-order valence-electron chi connectivity index (χ3n) is 3.50. The van der Waals surface area contributed by atoms with Gasteiger partial charge in [0, 0.05) is 18.7 Å². The predicted octanol–water partition coefficient (Wildman–Crippen LogP) is -0.323. The number of carbonyl (C=O) groups excluding carboxylic acids is 1. The van der Waals surface area contributed by atoms with Gasteiger partial charge in [-0.2, -0.15) is 0 Å². The summed E-state index contributed by atoms with van der Waals surface area (Å²) in [6, 6.07) is 7.22. The quantitative estimate of drug-likeness (QED) is 0.713. The maximum absolute atomic E-state index is 12.2. The number of carbonyl (C=O) groups is 1. The van der Waals surface area contributed by atoms with Crippen LogP contribution in [0.4, 0.5) is 0 Å². The molecule has 1 fully saturated rings. The van der Waals surface area contributed by atoms with Gasteiger partial charge in [-0.15, -0.1) is 0 Å². The van der Waals surface area contributed by atoms with Crippen molar-refractivity contribution >= 4 is 5.91 Å². The lowest BCUT2D eigenvalue weighted by Crippen LogP contribution is -2.43. The van der Waals surface area contributed by atoms with E-state index in [-0.39, 0.29) is 18.4 Å². The summed E-state index contributed by atoms with van der Waals surface area (Å²) in [5, 5.41) is 9.80. The van der Waals surface area contributed by atoms with Crippen molar-refractivity contribution in [3.63, 3.8) is 0 Å². The van der Waals surface area contributed by atoms with Gasteiger partial charge in [-0.25, -0.2) is 4.79 Å². The summed E-state index contributed by atoms with van der Waals surface area (Å²) in [6.07, 6.45) is 0.242. The minimum atomic E-state index is -0.607. The predicted molar refractivity (Wildman–Crippen MR) is 81.9 cm³/mol. The van der Waals surface area contributed by atoms with Crippen molar-refractivity contribution in [2.45, 2.75) is 12.5 Å². The molecule has 1 aliphatic heterocycles. The number of nitrogens with one attached hydrogen (secondary N) is 3. The Hall–Kier alpha value is -2.45. The molecule has 1 aliphatic rings. The third kappa shape index (κ3) is 4.27. The normalized spacial score (nSPS) is 18.3. The maximum atomic E-state index is 12.2. The number of nitrogens with zero attached hydrogens (tertiary/aromatic N) is 1. The number of hydrogen-bond acceptors (Lipinski definition) is 6. The van der Waals surface area contributed by atoms with E-state index in [9.17, 15) is 9.59 Å². The standard InChI is InChI=1S/C15H18N4O4/c20-13(17-12-8-16-4-5-22-9-12)7-10-2-1-3-11(6-10)14-18-15(21)23-19-14/h1-3,6,12,16H,4-5,7-9H2,(H,17,20)(H,18,19,21). The molecule has 1 amide bonds. The Morgan fingerprint density at radius 2 is 2.35 bits per heavy atom. The topological polar surface area (TPSA) is 109 Å². The summed E-state index contributed by atoms with van der Waals surface area (Å²) < 4.78 is 9.90. The van der Waals surface area contributed by atoms with Crippen LogP contribution in [0.1, 0.15) is 5.56 Å². The molecule has 0 spiro atoms. The second-order valence-corrected chi connectivity index (χ2v) is 5.36. The molecule has 1 aromatic carbocycles. The van der Waals surface area contributed by atoms with E-state index in [1.54, 1.807) is 18.2 Å². The highest BCUT2D eigenvalue weighted by atomic mass is 16.5. The zero-order valence-corrected chi connectivity index (χ0v) is 12.5. The minimum Gasteiger partial charge on any atom is -0.378 e. The number of aromatic amines is 1. The maximum Gasteiger partial charge on any atom is 0.439 e. The Labute approximate surface area is 132 Å². The Balaban J connectivity index is 1.63. The first kappa shape index (κ1) is 15.4. The molecule has 1 saturated heterocycles. The van der Waals surface area contributed by atoms with Gasteiger partial charge >= 0.3 is 5.76 Å². The number of H-pyrrole nitrogens is 1. The van der Waals surface area contributed by atoms with Crippen LogP contribution < -0.4 is 16.4 Å². The van der Waals surface area contributed by atoms with E-state index >= 15 is 0 Å². The highest BCUT2D eigenvalue weighted by molar-refractivity contribution is 5.79. The number of ether oxygens (including phenoxy) is 1. The van der Waals surface area contributed by atoms with E-state index in [0.29, 0.717) is 31.1 Å². The van der Waals surface area contributed by atoms with E-state index in [1.165, 1.54) is 0 Å². The van der Waals surface area contributed by atoms with Crippen molar-refractivity contribution in [2.75, 3.05) is 26.3 Å². The van der Waals surface area contributed by atoms with Crippen LogP contribution >= 0.6 is 0 Å². The summed E-state index contributed by atoms with van der Waals surface area (Å²) in [4.78, 5) is 25.7. The first-order valence-corrected chi connectivity index (χ1v) is 7.44. The number of aromatic nitrogens is 2. The molecule has 3 N–H and O–H groups in total. The third-order valence-corrected chi connectivity index (χ3v) is 3.50. The van der Waals surface area contributed by atoms with Crippen LogP contribution in [0, 0.1) is 0 Å². The SMILES string of the molecule is O=C(Cc1cccc(-c2noc(=O)[nH]2)c1)NC1CNCCOC1.